The number of carbonyl (C=O) groups is 2. The smallest absolute Gasteiger partial charge is 0.226 e. The van der Waals surface area contributed by atoms with E-state index in [1.165, 1.54) is 16.9 Å². The first kappa shape index (κ1) is 16.6. The van der Waals surface area contributed by atoms with Crippen molar-refractivity contribution < 1.29 is 9.59 Å². The SMILES string of the molecule is NC(=O)C1CCCc2sc(NC(=O)CCCc3ccccc3)nc21. The number of nitrogens with zero attached hydrogens (tertiary/aromatic N) is 1. The standard InChI is InChI=1S/C18H21N3O2S/c19-17(23)13-9-5-10-14-16(13)21-18(24-14)20-15(22)11-4-8-12-6-2-1-3-7-12/h1-3,6-7,13H,4-5,8-11H2,(H2,19,23)(H,20,21,22). The minimum atomic E-state index is -0.331. The number of benzene rings is 1. The third kappa shape index (κ3) is 4.00. The van der Waals surface area contributed by atoms with Gasteiger partial charge in [-0.15, -0.1) is 11.3 Å². The Balaban J connectivity index is 1.54. The molecule has 3 rings (SSSR count). The molecular formula is C18H21N3O2S. The maximum absolute atomic E-state index is 12.1. The largest absolute Gasteiger partial charge is 0.369 e. The van der Waals surface area contributed by atoms with E-state index < -0.39 is 0 Å². The second-order valence-electron chi connectivity index (χ2n) is 6.06. The van der Waals surface area contributed by atoms with Gasteiger partial charge in [0.2, 0.25) is 11.8 Å². The Labute approximate surface area is 145 Å². The lowest BCUT2D eigenvalue weighted by molar-refractivity contribution is -0.119. The highest BCUT2D eigenvalue weighted by Gasteiger charge is 2.28. The van der Waals surface area contributed by atoms with Crippen molar-refractivity contribution in [2.75, 3.05) is 5.32 Å². The number of thiazole rings is 1. The molecule has 1 aromatic carbocycles. The van der Waals surface area contributed by atoms with Crippen molar-refractivity contribution in [2.24, 2.45) is 5.73 Å². The highest BCUT2D eigenvalue weighted by molar-refractivity contribution is 7.15. The Morgan fingerprint density at radius 3 is 2.83 bits per heavy atom. The number of nitrogens with two attached hydrogens (primary N) is 1. The number of primary amides is 1. The molecule has 0 saturated carbocycles. The van der Waals surface area contributed by atoms with E-state index in [1.807, 2.05) is 18.2 Å². The molecule has 2 amide bonds. The summed E-state index contributed by atoms with van der Waals surface area (Å²) in [5.74, 6) is -0.677. The number of amides is 2. The van der Waals surface area contributed by atoms with Crippen molar-refractivity contribution in [1.82, 2.24) is 4.98 Å². The highest BCUT2D eigenvalue weighted by atomic mass is 32.1. The maximum atomic E-state index is 12.1. The predicted molar refractivity (Wildman–Crippen MR) is 95.0 cm³/mol. The summed E-state index contributed by atoms with van der Waals surface area (Å²) < 4.78 is 0. The molecule has 3 N–H and O–H groups in total. The molecular weight excluding hydrogens is 322 g/mol. The van der Waals surface area contributed by atoms with Crippen molar-refractivity contribution in [3.63, 3.8) is 0 Å². The average Bonchev–Trinajstić information content (AvgIpc) is 2.97. The van der Waals surface area contributed by atoms with Crippen LogP contribution in [0.2, 0.25) is 0 Å². The van der Waals surface area contributed by atoms with Gasteiger partial charge in [0.25, 0.3) is 0 Å². The van der Waals surface area contributed by atoms with E-state index in [2.05, 4.69) is 22.4 Å². The van der Waals surface area contributed by atoms with Crippen LogP contribution in [-0.4, -0.2) is 16.8 Å². The van der Waals surface area contributed by atoms with Crippen LogP contribution in [0.3, 0.4) is 0 Å². The van der Waals surface area contributed by atoms with Gasteiger partial charge in [-0.2, -0.15) is 0 Å². The van der Waals surface area contributed by atoms with E-state index in [4.69, 9.17) is 5.73 Å². The Morgan fingerprint density at radius 2 is 2.08 bits per heavy atom. The third-order valence-electron chi connectivity index (χ3n) is 4.26. The van der Waals surface area contributed by atoms with Crippen LogP contribution in [0, 0.1) is 0 Å². The number of aromatic nitrogens is 1. The fourth-order valence-corrected chi connectivity index (χ4v) is 4.11. The van der Waals surface area contributed by atoms with E-state index in [-0.39, 0.29) is 17.7 Å². The molecule has 1 aliphatic rings. The van der Waals surface area contributed by atoms with Gasteiger partial charge in [-0.05, 0) is 37.7 Å². The molecule has 1 aliphatic carbocycles. The van der Waals surface area contributed by atoms with Gasteiger partial charge in [0, 0.05) is 11.3 Å². The monoisotopic (exact) mass is 343 g/mol. The molecule has 2 aromatic rings. The quantitative estimate of drug-likeness (QED) is 0.845. The summed E-state index contributed by atoms with van der Waals surface area (Å²) in [6.07, 6.45) is 4.72. The number of fused-ring (bicyclic) bond motifs is 1. The Kier molecular flexibility index (Phi) is 5.25. The molecule has 0 saturated heterocycles. The summed E-state index contributed by atoms with van der Waals surface area (Å²) in [4.78, 5) is 29.1. The lowest BCUT2D eigenvalue weighted by atomic mass is 9.91. The lowest BCUT2D eigenvalue weighted by Gasteiger charge is -2.17. The van der Waals surface area contributed by atoms with Gasteiger partial charge in [0.1, 0.15) is 0 Å². The highest BCUT2D eigenvalue weighted by Crippen LogP contribution is 2.36. The van der Waals surface area contributed by atoms with Gasteiger partial charge < -0.3 is 11.1 Å². The molecule has 0 aliphatic heterocycles. The van der Waals surface area contributed by atoms with E-state index in [1.54, 1.807) is 0 Å². The van der Waals surface area contributed by atoms with E-state index in [0.717, 1.165) is 42.7 Å². The summed E-state index contributed by atoms with van der Waals surface area (Å²) in [5.41, 5.74) is 7.45. The zero-order valence-electron chi connectivity index (χ0n) is 13.5. The third-order valence-corrected chi connectivity index (χ3v) is 5.30. The molecule has 0 bridgehead atoms. The summed E-state index contributed by atoms with van der Waals surface area (Å²) in [6, 6.07) is 10.1. The zero-order chi connectivity index (χ0) is 16.9. The van der Waals surface area contributed by atoms with Gasteiger partial charge in [-0.3, -0.25) is 9.59 Å². The second kappa shape index (κ2) is 7.57. The van der Waals surface area contributed by atoms with Crippen LogP contribution in [0.15, 0.2) is 30.3 Å². The van der Waals surface area contributed by atoms with Crippen LogP contribution in [0.1, 0.15) is 47.7 Å². The number of nitrogens with one attached hydrogen (secondary N) is 1. The molecule has 0 radical (unpaired) electrons. The number of aryl methyl sites for hydroxylation is 2. The van der Waals surface area contributed by atoms with Crippen LogP contribution >= 0.6 is 11.3 Å². The molecule has 0 fully saturated rings. The van der Waals surface area contributed by atoms with Crippen LogP contribution in [-0.2, 0) is 22.4 Å². The van der Waals surface area contributed by atoms with E-state index in [0.29, 0.717) is 11.6 Å². The number of hydrogen-bond donors (Lipinski definition) is 2. The first-order chi connectivity index (χ1) is 11.6. The summed E-state index contributed by atoms with van der Waals surface area (Å²) >= 11 is 1.46. The van der Waals surface area contributed by atoms with Crippen molar-refractivity contribution in [2.45, 2.75) is 44.4 Å². The summed E-state index contributed by atoms with van der Waals surface area (Å²) in [7, 11) is 0. The molecule has 24 heavy (non-hydrogen) atoms. The first-order valence-electron chi connectivity index (χ1n) is 8.26. The van der Waals surface area contributed by atoms with Crippen molar-refractivity contribution in [3.8, 4) is 0 Å². The number of rotatable bonds is 6. The van der Waals surface area contributed by atoms with E-state index in [9.17, 15) is 9.59 Å². The van der Waals surface area contributed by atoms with Gasteiger partial charge in [-0.25, -0.2) is 4.98 Å². The van der Waals surface area contributed by atoms with Crippen molar-refractivity contribution in [1.29, 1.82) is 0 Å². The Morgan fingerprint density at radius 1 is 1.29 bits per heavy atom. The fraction of sp³-hybridized carbons (Fsp3) is 0.389. The molecule has 5 nitrogen and oxygen atoms in total. The molecule has 6 heteroatoms. The van der Waals surface area contributed by atoms with Gasteiger partial charge in [0.05, 0.1) is 11.6 Å². The normalized spacial score (nSPS) is 16.4. The maximum Gasteiger partial charge on any atom is 0.226 e. The van der Waals surface area contributed by atoms with Gasteiger partial charge in [-0.1, -0.05) is 30.3 Å². The zero-order valence-corrected chi connectivity index (χ0v) is 14.3. The molecule has 1 atom stereocenters. The minimum Gasteiger partial charge on any atom is -0.369 e. The molecule has 1 aromatic heterocycles. The fourth-order valence-electron chi connectivity index (χ4n) is 3.03. The van der Waals surface area contributed by atoms with Crippen molar-refractivity contribution >= 4 is 28.3 Å². The molecule has 0 spiro atoms. The lowest BCUT2D eigenvalue weighted by Crippen LogP contribution is -2.24. The summed E-state index contributed by atoms with van der Waals surface area (Å²) in [6.45, 7) is 0. The van der Waals surface area contributed by atoms with Crippen LogP contribution in [0.25, 0.3) is 0 Å². The molecule has 1 unspecified atom stereocenters. The number of hydrogen-bond acceptors (Lipinski definition) is 4. The van der Waals surface area contributed by atoms with Crippen LogP contribution < -0.4 is 11.1 Å². The van der Waals surface area contributed by atoms with E-state index >= 15 is 0 Å². The number of anilines is 1. The van der Waals surface area contributed by atoms with Gasteiger partial charge in [0.15, 0.2) is 5.13 Å². The minimum absolute atomic E-state index is 0.0346. The predicted octanol–water partition coefficient (Wildman–Crippen LogP) is 3.01. The van der Waals surface area contributed by atoms with Crippen LogP contribution in [0.4, 0.5) is 5.13 Å². The topological polar surface area (TPSA) is 85.1 Å². The number of carbonyl (C=O) groups excluding carboxylic acids is 2. The molecule has 126 valence electrons. The second-order valence-corrected chi connectivity index (χ2v) is 7.15. The average molecular weight is 343 g/mol. The Hall–Kier alpha value is -2.21. The Bertz CT molecular complexity index is 727. The summed E-state index contributed by atoms with van der Waals surface area (Å²) in [5, 5.41) is 3.44. The molecule has 1 heterocycles. The first-order valence-corrected chi connectivity index (χ1v) is 9.08. The van der Waals surface area contributed by atoms with Crippen molar-refractivity contribution in [3.05, 3.63) is 46.5 Å². The van der Waals surface area contributed by atoms with Gasteiger partial charge >= 0.3 is 0 Å². The van der Waals surface area contributed by atoms with Crippen LogP contribution in [0.5, 0.6) is 0 Å².